The zero-order valence-corrected chi connectivity index (χ0v) is 12.4. The van der Waals surface area contributed by atoms with Gasteiger partial charge in [-0.15, -0.1) is 0 Å². The van der Waals surface area contributed by atoms with Gasteiger partial charge < -0.3 is 9.73 Å². The van der Waals surface area contributed by atoms with Gasteiger partial charge in [0.15, 0.2) is 0 Å². The van der Waals surface area contributed by atoms with Crippen LogP contribution in [-0.2, 0) is 0 Å². The van der Waals surface area contributed by atoms with E-state index in [0.717, 1.165) is 29.1 Å². The molecule has 102 valence electrons. The second-order valence-corrected chi connectivity index (χ2v) is 5.31. The first kappa shape index (κ1) is 14.2. The van der Waals surface area contributed by atoms with Crippen molar-refractivity contribution in [3.8, 4) is 0 Å². The summed E-state index contributed by atoms with van der Waals surface area (Å²) >= 11 is 6.42. The van der Waals surface area contributed by atoms with Gasteiger partial charge in [-0.25, -0.2) is 0 Å². The predicted octanol–water partition coefficient (Wildman–Crippen LogP) is 4.64. The lowest BCUT2D eigenvalue weighted by molar-refractivity contribution is 0.548. The van der Waals surface area contributed by atoms with Gasteiger partial charge in [0.25, 0.3) is 0 Å². The zero-order chi connectivity index (χ0) is 13.8. The average molecular weight is 278 g/mol. The molecular formula is C16H20ClNO. The van der Waals surface area contributed by atoms with E-state index in [9.17, 15) is 0 Å². The van der Waals surface area contributed by atoms with Crippen molar-refractivity contribution in [1.29, 1.82) is 0 Å². The fourth-order valence-electron chi connectivity index (χ4n) is 2.16. The fourth-order valence-corrected chi connectivity index (χ4v) is 2.49. The molecule has 0 fully saturated rings. The Morgan fingerprint density at radius 3 is 2.63 bits per heavy atom. The minimum absolute atomic E-state index is 0.0884. The SMILES string of the molecule is CCCNC(c1ccoc1)c1cc(C)c(C)cc1Cl. The molecule has 2 aromatic rings. The summed E-state index contributed by atoms with van der Waals surface area (Å²) in [4.78, 5) is 0. The van der Waals surface area contributed by atoms with Gasteiger partial charge in [-0.05, 0) is 55.6 Å². The molecule has 2 nitrogen and oxygen atoms in total. The number of halogens is 1. The van der Waals surface area contributed by atoms with Gasteiger partial charge in [0.2, 0.25) is 0 Å². The van der Waals surface area contributed by atoms with Crippen molar-refractivity contribution in [2.24, 2.45) is 0 Å². The Labute approximate surface area is 119 Å². The Balaban J connectivity index is 2.40. The summed E-state index contributed by atoms with van der Waals surface area (Å²) in [6.07, 6.45) is 4.56. The Morgan fingerprint density at radius 2 is 2.00 bits per heavy atom. The lowest BCUT2D eigenvalue weighted by Gasteiger charge is -2.20. The number of hydrogen-bond acceptors (Lipinski definition) is 2. The molecule has 1 unspecified atom stereocenters. The molecule has 0 spiro atoms. The molecule has 1 aromatic heterocycles. The van der Waals surface area contributed by atoms with Gasteiger partial charge in [0, 0.05) is 10.6 Å². The molecular weight excluding hydrogens is 258 g/mol. The minimum atomic E-state index is 0.0884. The maximum absolute atomic E-state index is 6.42. The van der Waals surface area contributed by atoms with Gasteiger partial charge >= 0.3 is 0 Å². The van der Waals surface area contributed by atoms with E-state index in [0.29, 0.717) is 0 Å². The van der Waals surface area contributed by atoms with E-state index in [4.69, 9.17) is 16.0 Å². The second-order valence-electron chi connectivity index (χ2n) is 4.90. The molecule has 0 bridgehead atoms. The maximum Gasteiger partial charge on any atom is 0.0953 e. The van der Waals surface area contributed by atoms with Crippen LogP contribution in [0.5, 0.6) is 0 Å². The first-order valence-corrected chi connectivity index (χ1v) is 7.03. The highest BCUT2D eigenvalue weighted by Gasteiger charge is 2.18. The van der Waals surface area contributed by atoms with E-state index in [1.807, 2.05) is 12.1 Å². The third-order valence-electron chi connectivity index (χ3n) is 3.40. The minimum Gasteiger partial charge on any atom is -0.472 e. The van der Waals surface area contributed by atoms with Crippen molar-refractivity contribution < 1.29 is 4.42 Å². The predicted molar refractivity (Wildman–Crippen MR) is 79.8 cm³/mol. The second kappa shape index (κ2) is 6.27. The van der Waals surface area contributed by atoms with E-state index in [1.165, 1.54) is 11.1 Å². The summed E-state index contributed by atoms with van der Waals surface area (Å²) in [6, 6.07) is 6.27. The van der Waals surface area contributed by atoms with Gasteiger partial charge in [-0.1, -0.05) is 24.6 Å². The van der Waals surface area contributed by atoms with Crippen LogP contribution in [0, 0.1) is 13.8 Å². The topological polar surface area (TPSA) is 25.2 Å². The Bertz CT molecular complexity index is 534. The summed E-state index contributed by atoms with van der Waals surface area (Å²) in [7, 11) is 0. The summed E-state index contributed by atoms with van der Waals surface area (Å²) in [5, 5.41) is 4.33. The lowest BCUT2D eigenvalue weighted by atomic mass is 9.97. The van der Waals surface area contributed by atoms with E-state index >= 15 is 0 Å². The van der Waals surface area contributed by atoms with Crippen molar-refractivity contribution in [3.63, 3.8) is 0 Å². The number of nitrogens with one attached hydrogen (secondary N) is 1. The molecule has 0 aliphatic rings. The average Bonchev–Trinajstić information content (AvgIpc) is 2.89. The molecule has 0 radical (unpaired) electrons. The molecule has 0 aliphatic heterocycles. The fraction of sp³-hybridized carbons (Fsp3) is 0.375. The van der Waals surface area contributed by atoms with E-state index < -0.39 is 0 Å². The highest BCUT2D eigenvalue weighted by atomic mass is 35.5. The van der Waals surface area contributed by atoms with Crippen LogP contribution in [0.4, 0.5) is 0 Å². The summed E-state index contributed by atoms with van der Waals surface area (Å²) in [5.74, 6) is 0. The van der Waals surface area contributed by atoms with Crippen molar-refractivity contribution in [1.82, 2.24) is 5.32 Å². The Hall–Kier alpha value is -1.25. The van der Waals surface area contributed by atoms with E-state index in [2.05, 4.69) is 32.2 Å². The number of rotatable bonds is 5. The molecule has 19 heavy (non-hydrogen) atoms. The highest BCUT2D eigenvalue weighted by molar-refractivity contribution is 6.31. The number of aryl methyl sites for hydroxylation is 2. The van der Waals surface area contributed by atoms with E-state index in [1.54, 1.807) is 12.5 Å². The molecule has 1 N–H and O–H groups in total. The largest absolute Gasteiger partial charge is 0.472 e. The van der Waals surface area contributed by atoms with Gasteiger partial charge in [0.1, 0.15) is 0 Å². The molecule has 0 amide bonds. The van der Waals surface area contributed by atoms with E-state index in [-0.39, 0.29) is 6.04 Å². The number of hydrogen-bond donors (Lipinski definition) is 1. The normalized spacial score (nSPS) is 12.6. The lowest BCUT2D eigenvalue weighted by Crippen LogP contribution is -2.23. The Kier molecular flexibility index (Phi) is 4.67. The quantitative estimate of drug-likeness (QED) is 0.861. The van der Waals surface area contributed by atoms with Gasteiger partial charge in [-0.3, -0.25) is 0 Å². The molecule has 2 rings (SSSR count). The first-order valence-electron chi connectivity index (χ1n) is 6.65. The molecule has 1 atom stereocenters. The molecule has 0 aliphatic carbocycles. The van der Waals surface area contributed by atoms with Crippen molar-refractivity contribution in [2.75, 3.05) is 6.54 Å². The molecule has 0 saturated heterocycles. The standard InChI is InChI=1S/C16H20ClNO/c1-4-6-18-16(13-5-7-19-10-13)14-8-11(2)12(3)9-15(14)17/h5,7-10,16,18H,4,6H2,1-3H3. The van der Waals surface area contributed by atoms with Crippen molar-refractivity contribution in [2.45, 2.75) is 33.2 Å². The van der Waals surface area contributed by atoms with Crippen LogP contribution in [0.3, 0.4) is 0 Å². The summed E-state index contributed by atoms with van der Waals surface area (Å²) in [5.41, 5.74) is 4.69. The smallest absolute Gasteiger partial charge is 0.0953 e. The zero-order valence-electron chi connectivity index (χ0n) is 11.7. The van der Waals surface area contributed by atoms with Crippen LogP contribution in [0.1, 0.15) is 41.6 Å². The summed E-state index contributed by atoms with van der Waals surface area (Å²) < 4.78 is 5.21. The van der Waals surface area contributed by atoms with Crippen LogP contribution < -0.4 is 5.32 Å². The van der Waals surface area contributed by atoms with Crippen LogP contribution in [0.25, 0.3) is 0 Å². The van der Waals surface area contributed by atoms with Gasteiger partial charge in [-0.2, -0.15) is 0 Å². The molecule has 1 aromatic carbocycles. The van der Waals surface area contributed by atoms with Crippen molar-refractivity contribution >= 4 is 11.6 Å². The van der Waals surface area contributed by atoms with Crippen molar-refractivity contribution in [3.05, 3.63) is 58.0 Å². The molecule has 1 heterocycles. The Morgan fingerprint density at radius 1 is 1.26 bits per heavy atom. The third-order valence-corrected chi connectivity index (χ3v) is 3.73. The third kappa shape index (κ3) is 3.20. The van der Waals surface area contributed by atoms with Crippen LogP contribution in [0.15, 0.2) is 35.1 Å². The van der Waals surface area contributed by atoms with Crippen LogP contribution in [-0.4, -0.2) is 6.54 Å². The van der Waals surface area contributed by atoms with Crippen LogP contribution >= 0.6 is 11.6 Å². The summed E-state index contributed by atoms with van der Waals surface area (Å²) in [6.45, 7) is 7.29. The monoisotopic (exact) mass is 277 g/mol. The highest BCUT2D eigenvalue weighted by Crippen LogP contribution is 2.31. The first-order chi connectivity index (χ1) is 9.13. The van der Waals surface area contributed by atoms with Gasteiger partial charge in [0.05, 0.1) is 18.6 Å². The number of furan rings is 1. The number of benzene rings is 1. The van der Waals surface area contributed by atoms with Crippen LogP contribution in [0.2, 0.25) is 5.02 Å². The molecule has 3 heteroatoms. The molecule has 0 saturated carbocycles. The maximum atomic E-state index is 6.42.